The van der Waals surface area contributed by atoms with Crippen molar-refractivity contribution in [1.29, 1.82) is 0 Å². The molecule has 0 spiro atoms. The van der Waals surface area contributed by atoms with Gasteiger partial charge >= 0.3 is 0 Å². The van der Waals surface area contributed by atoms with Crippen molar-refractivity contribution in [3.63, 3.8) is 0 Å². The fourth-order valence-electron chi connectivity index (χ4n) is 2.63. The van der Waals surface area contributed by atoms with E-state index < -0.39 is 6.10 Å². The van der Waals surface area contributed by atoms with Gasteiger partial charge in [0.15, 0.2) is 0 Å². The number of halogens is 1. The molecule has 122 valence electrons. The molecule has 2 rings (SSSR count). The molecule has 2 unspecified atom stereocenters. The summed E-state index contributed by atoms with van der Waals surface area (Å²) in [6.45, 7) is 2.46. The lowest BCUT2D eigenvalue weighted by Crippen LogP contribution is -2.39. The minimum atomic E-state index is -0.718. The van der Waals surface area contributed by atoms with Crippen LogP contribution >= 0.6 is 0 Å². The van der Waals surface area contributed by atoms with Crippen LogP contribution in [0.2, 0.25) is 0 Å². The second-order valence-corrected chi connectivity index (χ2v) is 6.20. The molecule has 2 N–H and O–H groups in total. The lowest BCUT2D eigenvalue weighted by Gasteiger charge is -2.21. The summed E-state index contributed by atoms with van der Waals surface area (Å²) in [5, 5.41) is 13.1. The number of nitrogens with one attached hydrogen (secondary N) is 1. The number of carbonyl (C=O) groups is 1. The summed E-state index contributed by atoms with van der Waals surface area (Å²) in [6.07, 6.45) is 2.22. The molecular weight excluding hydrogens is 285 g/mol. The number of hydrogen-bond donors (Lipinski definition) is 2. The standard InChI is InChI=1S/C17H24FNO3/c1-12(11-15(20)13-3-5-14(18)6-4-13)19-16(21)17(7-8-17)9-10-22-2/h3-6,12,15,20H,7-11H2,1-2H3,(H,19,21). The molecule has 0 saturated heterocycles. The topological polar surface area (TPSA) is 58.6 Å². The lowest BCUT2D eigenvalue weighted by atomic mass is 9.99. The Labute approximate surface area is 130 Å². The zero-order valence-electron chi connectivity index (χ0n) is 13.1. The van der Waals surface area contributed by atoms with Gasteiger partial charge in [-0.05, 0) is 50.3 Å². The molecule has 0 heterocycles. The Bertz CT molecular complexity index is 499. The molecule has 1 saturated carbocycles. The maximum Gasteiger partial charge on any atom is 0.226 e. The number of carbonyl (C=O) groups excluding carboxylic acids is 1. The summed E-state index contributed by atoms with van der Waals surface area (Å²) in [4.78, 5) is 12.3. The number of methoxy groups -OCH3 is 1. The van der Waals surface area contributed by atoms with E-state index in [1.165, 1.54) is 12.1 Å². The first-order valence-electron chi connectivity index (χ1n) is 7.70. The number of ether oxygens (including phenoxy) is 1. The Morgan fingerprint density at radius 3 is 2.59 bits per heavy atom. The molecule has 0 aromatic heterocycles. The molecule has 0 radical (unpaired) electrons. The summed E-state index contributed by atoms with van der Waals surface area (Å²) in [6, 6.07) is 5.63. The fraction of sp³-hybridized carbons (Fsp3) is 0.588. The average Bonchev–Trinajstić information content (AvgIpc) is 3.26. The van der Waals surface area contributed by atoms with E-state index in [1.807, 2.05) is 6.92 Å². The first kappa shape index (κ1) is 16.9. The number of hydrogen-bond acceptors (Lipinski definition) is 3. The molecule has 0 aliphatic heterocycles. The van der Waals surface area contributed by atoms with Crippen LogP contribution in [0.5, 0.6) is 0 Å². The maximum atomic E-state index is 12.9. The van der Waals surface area contributed by atoms with Crippen molar-refractivity contribution in [2.24, 2.45) is 5.41 Å². The Balaban J connectivity index is 1.83. The van der Waals surface area contributed by atoms with E-state index in [0.717, 1.165) is 19.3 Å². The number of aliphatic hydroxyl groups is 1. The van der Waals surface area contributed by atoms with Gasteiger partial charge in [0.25, 0.3) is 0 Å². The Hall–Kier alpha value is -1.46. The summed E-state index contributed by atoms with van der Waals surface area (Å²) in [7, 11) is 1.63. The van der Waals surface area contributed by atoms with Crippen LogP contribution in [0.3, 0.4) is 0 Å². The molecule has 1 fully saturated rings. The first-order valence-corrected chi connectivity index (χ1v) is 7.70. The number of amides is 1. The van der Waals surface area contributed by atoms with Crippen LogP contribution in [0, 0.1) is 11.2 Å². The molecule has 1 aromatic carbocycles. The highest BCUT2D eigenvalue weighted by Crippen LogP contribution is 2.49. The van der Waals surface area contributed by atoms with E-state index in [-0.39, 0.29) is 23.2 Å². The molecule has 1 aromatic rings. The van der Waals surface area contributed by atoms with E-state index in [2.05, 4.69) is 5.32 Å². The third-order valence-electron chi connectivity index (χ3n) is 4.33. The normalized spacial score (nSPS) is 18.5. The molecule has 0 bridgehead atoms. The highest BCUT2D eigenvalue weighted by Gasteiger charge is 2.49. The van der Waals surface area contributed by atoms with Gasteiger partial charge in [-0.3, -0.25) is 4.79 Å². The average molecular weight is 309 g/mol. The molecular formula is C17H24FNO3. The van der Waals surface area contributed by atoms with Gasteiger partial charge in [-0.2, -0.15) is 0 Å². The van der Waals surface area contributed by atoms with Gasteiger partial charge in [0.2, 0.25) is 5.91 Å². The summed E-state index contributed by atoms with van der Waals surface area (Å²) in [5.74, 6) is -0.283. The van der Waals surface area contributed by atoms with Gasteiger partial charge < -0.3 is 15.2 Å². The van der Waals surface area contributed by atoms with Gasteiger partial charge in [-0.25, -0.2) is 4.39 Å². The second-order valence-electron chi connectivity index (χ2n) is 6.20. The predicted molar refractivity (Wildman–Crippen MR) is 81.7 cm³/mol. The van der Waals surface area contributed by atoms with Crippen molar-refractivity contribution in [3.8, 4) is 0 Å². The van der Waals surface area contributed by atoms with Crippen molar-refractivity contribution in [2.75, 3.05) is 13.7 Å². The van der Waals surface area contributed by atoms with Crippen molar-refractivity contribution in [1.82, 2.24) is 5.32 Å². The van der Waals surface area contributed by atoms with Crippen LogP contribution in [0.25, 0.3) is 0 Å². The molecule has 4 nitrogen and oxygen atoms in total. The molecule has 5 heteroatoms. The summed E-state index contributed by atoms with van der Waals surface area (Å²) < 4.78 is 17.9. The Morgan fingerprint density at radius 2 is 2.05 bits per heavy atom. The highest BCUT2D eigenvalue weighted by atomic mass is 19.1. The highest BCUT2D eigenvalue weighted by molar-refractivity contribution is 5.85. The van der Waals surface area contributed by atoms with Crippen molar-refractivity contribution < 1.29 is 19.0 Å². The van der Waals surface area contributed by atoms with Crippen LogP contribution in [-0.2, 0) is 9.53 Å². The number of rotatable bonds is 8. The van der Waals surface area contributed by atoms with Gasteiger partial charge in [-0.1, -0.05) is 12.1 Å². The largest absolute Gasteiger partial charge is 0.388 e. The zero-order chi connectivity index (χ0) is 16.2. The van der Waals surface area contributed by atoms with Gasteiger partial charge in [0, 0.05) is 19.8 Å². The quantitative estimate of drug-likeness (QED) is 0.776. The summed E-state index contributed by atoms with van der Waals surface area (Å²) in [5.41, 5.74) is 0.383. The monoisotopic (exact) mass is 309 g/mol. The fourth-order valence-corrected chi connectivity index (χ4v) is 2.63. The lowest BCUT2D eigenvalue weighted by molar-refractivity contribution is -0.127. The van der Waals surface area contributed by atoms with Crippen molar-refractivity contribution >= 4 is 5.91 Å². The van der Waals surface area contributed by atoms with E-state index in [4.69, 9.17) is 4.74 Å². The number of aliphatic hydroxyl groups excluding tert-OH is 1. The van der Waals surface area contributed by atoms with Gasteiger partial charge in [0.05, 0.1) is 11.5 Å². The summed E-state index contributed by atoms with van der Waals surface area (Å²) >= 11 is 0. The van der Waals surface area contributed by atoms with Crippen LogP contribution in [-0.4, -0.2) is 30.8 Å². The van der Waals surface area contributed by atoms with Crippen LogP contribution in [0.1, 0.15) is 44.3 Å². The molecule has 1 amide bonds. The third-order valence-corrected chi connectivity index (χ3v) is 4.33. The van der Waals surface area contributed by atoms with Crippen LogP contribution in [0.4, 0.5) is 4.39 Å². The van der Waals surface area contributed by atoms with E-state index in [1.54, 1.807) is 19.2 Å². The van der Waals surface area contributed by atoms with E-state index in [9.17, 15) is 14.3 Å². The third kappa shape index (κ3) is 4.27. The van der Waals surface area contributed by atoms with Crippen molar-refractivity contribution in [2.45, 2.75) is 44.8 Å². The predicted octanol–water partition coefficient (Wildman–Crippen LogP) is 2.57. The Kier molecular flexibility index (Phi) is 5.53. The van der Waals surface area contributed by atoms with E-state index in [0.29, 0.717) is 18.6 Å². The van der Waals surface area contributed by atoms with Gasteiger partial charge in [-0.15, -0.1) is 0 Å². The Morgan fingerprint density at radius 1 is 1.41 bits per heavy atom. The molecule has 2 atom stereocenters. The second kappa shape index (κ2) is 7.20. The number of benzene rings is 1. The first-order chi connectivity index (χ1) is 10.5. The van der Waals surface area contributed by atoms with Crippen LogP contribution < -0.4 is 5.32 Å². The van der Waals surface area contributed by atoms with Crippen molar-refractivity contribution in [3.05, 3.63) is 35.6 Å². The van der Waals surface area contributed by atoms with Gasteiger partial charge in [0.1, 0.15) is 5.82 Å². The zero-order valence-corrected chi connectivity index (χ0v) is 13.1. The molecule has 22 heavy (non-hydrogen) atoms. The molecule has 1 aliphatic rings. The smallest absolute Gasteiger partial charge is 0.226 e. The SMILES string of the molecule is COCCC1(C(=O)NC(C)CC(O)c2ccc(F)cc2)CC1. The minimum absolute atomic E-state index is 0.0448. The maximum absolute atomic E-state index is 12.9. The van der Waals surface area contributed by atoms with Crippen LogP contribution in [0.15, 0.2) is 24.3 Å². The minimum Gasteiger partial charge on any atom is -0.388 e. The molecule has 1 aliphatic carbocycles. The van der Waals surface area contributed by atoms with E-state index >= 15 is 0 Å².